The number of benzene rings is 5. The Morgan fingerprint density at radius 2 is 1.56 bits per heavy atom. The van der Waals surface area contributed by atoms with Crippen molar-refractivity contribution in [2.75, 3.05) is 17.7 Å². The van der Waals surface area contributed by atoms with Crippen LogP contribution in [0.5, 0.6) is 5.75 Å². The van der Waals surface area contributed by atoms with Crippen LogP contribution >= 0.6 is 23.4 Å². The fraction of sp³-hybridized carbons (Fsp3) is 0.0750. The monoisotopic (exact) mass is 700 g/mol. The summed E-state index contributed by atoms with van der Waals surface area (Å²) < 4.78 is 5.48. The molecule has 0 bridgehead atoms. The number of aromatic amines is 1. The summed E-state index contributed by atoms with van der Waals surface area (Å²) >= 11 is 7.63. The molecule has 250 valence electrons. The van der Waals surface area contributed by atoms with Gasteiger partial charge in [0.05, 0.1) is 12.8 Å². The van der Waals surface area contributed by atoms with E-state index in [9.17, 15) is 14.4 Å². The third-order valence-corrected chi connectivity index (χ3v) is 9.53. The van der Waals surface area contributed by atoms with Gasteiger partial charge in [0.15, 0.2) is 0 Å². The topological polar surface area (TPSA) is 112 Å². The Morgan fingerprint density at radius 1 is 0.840 bits per heavy atom. The van der Waals surface area contributed by atoms with Crippen LogP contribution in [0, 0.1) is 6.92 Å². The summed E-state index contributed by atoms with van der Waals surface area (Å²) in [5, 5.41) is 9.53. The largest absolute Gasteiger partial charge is 0.495 e. The molecular weight excluding hydrogens is 668 g/mol. The van der Waals surface area contributed by atoms with Crippen LogP contribution in [0.15, 0.2) is 138 Å². The molecule has 0 aliphatic carbocycles. The zero-order valence-electron chi connectivity index (χ0n) is 27.2. The first-order chi connectivity index (χ1) is 24.3. The van der Waals surface area contributed by atoms with Crippen LogP contribution in [0.3, 0.4) is 0 Å². The molecule has 8 nitrogen and oxygen atoms in total. The van der Waals surface area contributed by atoms with Crippen LogP contribution in [0.2, 0.25) is 5.02 Å². The first-order valence-electron chi connectivity index (χ1n) is 15.7. The molecule has 0 spiro atoms. The Labute approximate surface area is 298 Å². The van der Waals surface area contributed by atoms with Crippen molar-refractivity contribution in [2.24, 2.45) is 0 Å². The van der Waals surface area contributed by atoms with E-state index in [2.05, 4.69) is 20.9 Å². The van der Waals surface area contributed by atoms with Crippen molar-refractivity contribution < 1.29 is 19.1 Å². The van der Waals surface area contributed by atoms with E-state index in [1.54, 1.807) is 66.9 Å². The number of H-pyrrole nitrogens is 1. The van der Waals surface area contributed by atoms with E-state index in [-0.39, 0.29) is 11.6 Å². The van der Waals surface area contributed by atoms with Crippen molar-refractivity contribution in [3.8, 4) is 5.75 Å². The number of anilines is 2. The van der Waals surface area contributed by atoms with E-state index in [1.807, 2.05) is 73.7 Å². The first-order valence-corrected chi connectivity index (χ1v) is 17.0. The van der Waals surface area contributed by atoms with Crippen LogP contribution in [0.25, 0.3) is 17.0 Å². The predicted molar refractivity (Wildman–Crippen MR) is 202 cm³/mol. The van der Waals surface area contributed by atoms with Crippen LogP contribution in [0.1, 0.15) is 32.3 Å². The molecule has 50 heavy (non-hydrogen) atoms. The average molecular weight is 701 g/mol. The predicted octanol–water partition coefficient (Wildman–Crippen LogP) is 9.02. The number of hydrogen-bond donors (Lipinski definition) is 4. The number of para-hydroxylation sites is 1. The number of rotatable bonds is 11. The molecular formula is C40H33ClN4O4S. The summed E-state index contributed by atoms with van der Waals surface area (Å²) in [5.41, 5.74) is 4.72. The van der Waals surface area contributed by atoms with Crippen molar-refractivity contribution >= 4 is 69.4 Å². The highest BCUT2D eigenvalue weighted by molar-refractivity contribution is 8.00. The standard InChI is InChI=1S/C40H33ClN4O4S/c1-25-20-34(36(49-2)23-32(25)41)44-40(48)37(26-12-5-3-6-13-26)50-30-17-11-16-29(22-30)43-39(47)35(45-38(46)27-14-7-4-8-15-27)21-28-24-42-33-19-10-9-18-31(28)33/h3-24,37,42H,1-2H3,(H,43,47)(H,44,48)(H,45,46)/b35-21-. The summed E-state index contributed by atoms with van der Waals surface area (Å²) in [6.07, 6.45) is 3.44. The van der Waals surface area contributed by atoms with Crippen molar-refractivity contribution in [2.45, 2.75) is 17.1 Å². The number of aromatic nitrogens is 1. The molecule has 6 rings (SSSR count). The van der Waals surface area contributed by atoms with Gasteiger partial charge in [-0.25, -0.2) is 0 Å². The molecule has 0 saturated heterocycles. The van der Waals surface area contributed by atoms with Gasteiger partial charge in [0.25, 0.3) is 11.8 Å². The molecule has 1 unspecified atom stereocenters. The number of fused-ring (bicyclic) bond motifs is 1. The van der Waals surface area contributed by atoms with Crippen LogP contribution in [-0.4, -0.2) is 29.8 Å². The Morgan fingerprint density at radius 3 is 2.32 bits per heavy atom. The molecule has 0 saturated carbocycles. The molecule has 0 radical (unpaired) electrons. The minimum Gasteiger partial charge on any atom is -0.495 e. The quantitative estimate of drug-likeness (QED) is 0.0796. The average Bonchev–Trinajstić information content (AvgIpc) is 3.55. The summed E-state index contributed by atoms with van der Waals surface area (Å²) in [6, 6.07) is 36.5. The summed E-state index contributed by atoms with van der Waals surface area (Å²) in [6.45, 7) is 1.86. The molecule has 0 fully saturated rings. The minimum absolute atomic E-state index is 0.0652. The van der Waals surface area contributed by atoms with E-state index in [1.165, 1.54) is 18.9 Å². The molecule has 4 N–H and O–H groups in total. The molecule has 3 amide bonds. The maximum absolute atomic E-state index is 13.9. The van der Waals surface area contributed by atoms with Gasteiger partial charge in [0.1, 0.15) is 16.7 Å². The van der Waals surface area contributed by atoms with Gasteiger partial charge in [0.2, 0.25) is 5.91 Å². The highest BCUT2D eigenvalue weighted by atomic mass is 35.5. The molecule has 6 aromatic rings. The Balaban J connectivity index is 1.26. The fourth-order valence-electron chi connectivity index (χ4n) is 5.32. The lowest BCUT2D eigenvalue weighted by Crippen LogP contribution is -2.30. The normalized spacial score (nSPS) is 11.9. The molecule has 5 aromatic carbocycles. The van der Waals surface area contributed by atoms with E-state index in [0.29, 0.717) is 27.7 Å². The number of aryl methyl sites for hydroxylation is 1. The molecule has 1 aromatic heterocycles. The third-order valence-electron chi connectivity index (χ3n) is 7.87. The van der Waals surface area contributed by atoms with Crippen LogP contribution < -0.4 is 20.7 Å². The van der Waals surface area contributed by atoms with Crippen molar-refractivity contribution in [3.05, 3.63) is 160 Å². The lowest BCUT2D eigenvalue weighted by atomic mass is 10.1. The number of carbonyl (C=O) groups excluding carboxylic acids is 3. The fourth-order valence-corrected chi connectivity index (χ4v) is 6.56. The SMILES string of the molecule is COc1cc(Cl)c(C)cc1NC(=O)C(Sc1cccc(NC(=O)/C(=C/c2c[nH]c3ccccc23)NC(=O)c2ccccc2)c1)c1ccccc1. The summed E-state index contributed by atoms with van der Waals surface area (Å²) in [4.78, 5) is 44.8. The molecule has 0 aliphatic heterocycles. The van der Waals surface area contributed by atoms with Crippen molar-refractivity contribution in [3.63, 3.8) is 0 Å². The zero-order chi connectivity index (χ0) is 35.0. The number of carbonyl (C=O) groups is 3. The van der Waals surface area contributed by atoms with Gasteiger partial charge in [-0.2, -0.15) is 0 Å². The highest BCUT2D eigenvalue weighted by Crippen LogP contribution is 2.39. The number of methoxy groups -OCH3 is 1. The summed E-state index contributed by atoms with van der Waals surface area (Å²) in [5.74, 6) is -0.737. The molecule has 0 aliphatic rings. The van der Waals surface area contributed by atoms with E-state index >= 15 is 0 Å². The van der Waals surface area contributed by atoms with E-state index in [4.69, 9.17) is 16.3 Å². The van der Waals surface area contributed by atoms with Gasteiger partial charge < -0.3 is 25.7 Å². The van der Waals surface area contributed by atoms with Crippen molar-refractivity contribution in [1.82, 2.24) is 10.3 Å². The minimum atomic E-state index is -0.648. The number of ether oxygens (including phenoxy) is 1. The maximum atomic E-state index is 13.9. The molecule has 10 heteroatoms. The highest BCUT2D eigenvalue weighted by Gasteiger charge is 2.24. The number of thioether (sulfide) groups is 1. The number of nitrogens with one attached hydrogen (secondary N) is 4. The van der Waals surface area contributed by atoms with E-state index < -0.39 is 17.1 Å². The lowest BCUT2D eigenvalue weighted by molar-refractivity contribution is -0.116. The van der Waals surface area contributed by atoms with Crippen molar-refractivity contribution in [1.29, 1.82) is 0 Å². The maximum Gasteiger partial charge on any atom is 0.272 e. The summed E-state index contributed by atoms with van der Waals surface area (Å²) in [7, 11) is 1.52. The van der Waals surface area contributed by atoms with Gasteiger partial charge in [-0.15, -0.1) is 11.8 Å². The first kappa shape index (κ1) is 34.1. The Bertz CT molecular complexity index is 2200. The number of amides is 3. The molecule has 1 atom stereocenters. The number of hydrogen-bond acceptors (Lipinski definition) is 5. The third kappa shape index (κ3) is 8.08. The second-order valence-electron chi connectivity index (χ2n) is 11.3. The van der Waals surface area contributed by atoms with Gasteiger partial charge >= 0.3 is 0 Å². The molecule has 1 heterocycles. The number of halogens is 1. The van der Waals surface area contributed by atoms with Gasteiger partial charge in [-0.05, 0) is 66.6 Å². The van der Waals surface area contributed by atoms with Crippen LogP contribution in [0.4, 0.5) is 11.4 Å². The van der Waals surface area contributed by atoms with Gasteiger partial charge in [-0.3, -0.25) is 14.4 Å². The van der Waals surface area contributed by atoms with Gasteiger partial charge in [-0.1, -0.05) is 84.4 Å². The smallest absolute Gasteiger partial charge is 0.272 e. The Kier molecular flexibility index (Phi) is 10.7. The second kappa shape index (κ2) is 15.6. The zero-order valence-corrected chi connectivity index (χ0v) is 28.8. The van der Waals surface area contributed by atoms with Crippen LogP contribution in [-0.2, 0) is 9.59 Å². The second-order valence-corrected chi connectivity index (χ2v) is 12.9. The van der Waals surface area contributed by atoms with Gasteiger partial charge in [0, 0.05) is 49.9 Å². The lowest BCUT2D eigenvalue weighted by Gasteiger charge is -2.19. The van der Waals surface area contributed by atoms with E-state index in [0.717, 1.165) is 32.5 Å². The Hall–Kier alpha value is -5.77.